The largest absolute Gasteiger partial charge is 0.416 e. The fourth-order valence-corrected chi connectivity index (χ4v) is 2.06. The first-order valence-corrected chi connectivity index (χ1v) is 6.42. The second-order valence-electron chi connectivity index (χ2n) is 4.21. The van der Waals surface area contributed by atoms with Gasteiger partial charge in [0.25, 0.3) is 0 Å². The van der Waals surface area contributed by atoms with Gasteiger partial charge in [0.1, 0.15) is 0 Å². The van der Waals surface area contributed by atoms with E-state index >= 15 is 0 Å². The smallest absolute Gasteiger partial charge is 0.289 e. The van der Waals surface area contributed by atoms with Crippen molar-refractivity contribution in [3.05, 3.63) is 63.4 Å². The Hall–Kier alpha value is -1.69. The average Bonchev–Trinajstić information content (AvgIpc) is 2.38. The highest BCUT2D eigenvalue weighted by molar-refractivity contribution is 9.10. The Morgan fingerprint density at radius 2 is 1.90 bits per heavy atom. The van der Waals surface area contributed by atoms with Crippen molar-refractivity contribution in [1.82, 2.24) is 4.98 Å². The van der Waals surface area contributed by atoms with E-state index in [-0.39, 0.29) is 11.1 Å². The Balaban J connectivity index is 2.46. The van der Waals surface area contributed by atoms with Crippen LogP contribution in [-0.2, 0) is 6.18 Å². The maximum Gasteiger partial charge on any atom is 0.416 e. The van der Waals surface area contributed by atoms with Crippen molar-refractivity contribution in [3.63, 3.8) is 0 Å². The first-order valence-electron chi connectivity index (χ1n) is 5.63. The van der Waals surface area contributed by atoms with Crippen molar-refractivity contribution in [1.29, 1.82) is 0 Å². The van der Waals surface area contributed by atoms with Crippen LogP contribution in [0.5, 0.6) is 0 Å². The van der Waals surface area contributed by atoms with Crippen LogP contribution < -0.4 is 0 Å². The molecule has 1 heterocycles. The number of aromatic nitrogens is 1. The van der Waals surface area contributed by atoms with E-state index in [1.165, 1.54) is 18.3 Å². The van der Waals surface area contributed by atoms with E-state index in [4.69, 9.17) is 0 Å². The molecular formula is C14H9BrF3NO. The zero-order valence-corrected chi connectivity index (χ0v) is 11.9. The lowest BCUT2D eigenvalue weighted by Crippen LogP contribution is -2.09. The van der Waals surface area contributed by atoms with E-state index in [9.17, 15) is 18.0 Å². The molecule has 2 nitrogen and oxygen atoms in total. The molecule has 0 atom stereocenters. The molecule has 1 aromatic heterocycles. The molecule has 0 aliphatic heterocycles. The van der Waals surface area contributed by atoms with Crippen LogP contribution in [0.2, 0.25) is 0 Å². The Kier molecular flexibility index (Phi) is 3.94. The number of carbonyl (C=O) groups is 1. The van der Waals surface area contributed by atoms with Crippen molar-refractivity contribution >= 4 is 21.7 Å². The summed E-state index contributed by atoms with van der Waals surface area (Å²) >= 11 is 3.10. The number of hydrogen-bond acceptors (Lipinski definition) is 2. The highest BCUT2D eigenvalue weighted by Crippen LogP contribution is 2.32. The third-order valence-corrected chi connectivity index (χ3v) is 3.40. The molecule has 0 N–H and O–H groups in total. The molecule has 0 fully saturated rings. The monoisotopic (exact) mass is 343 g/mol. The minimum absolute atomic E-state index is 0.0366. The molecule has 0 unspecified atom stereocenters. The van der Waals surface area contributed by atoms with E-state index in [1.807, 2.05) is 0 Å². The lowest BCUT2D eigenvalue weighted by Gasteiger charge is -2.10. The minimum atomic E-state index is -4.48. The zero-order chi connectivity index (χ0) is 14.9. The number of alkyl halides is 3. The van der Waals surface area contributed by atoms with E-state index in [0.717, 1.165) is 17.8 Å². The van der Waals surface area contributed by atoms with Gasteiger partial charge in [0.2, 0.25) is 0 Å². The summed E-state index contributed by atoms with van der Waals surface area (Å²) in [6, 6.07) is 6.16. The average molecular weight is 344 g/mol. The molecular weight excluding hydrogens is 335 g/mol. The molecule has 0 saturated carbocycles. The molecule has 0 radical (unpaired) electrons. The van der Waals surface area contributed by atoms with Gasteiger partial charge in [0.05, 0.1) is 5.56 Å². The van der Waals surface area contributed by atoms with Gasteiger partial charge >= 0.3 is 6.18 Å². The van der Waals surface area contributed by atoms with Gasteiger partial charge in [-0.1, -0.05) is 15.9 Å². The Morgan fingerprint density at radius 3 is 2.45 bits per heavy atom. The van der Waals surface area contributed by atoms with Crippen LogP contribution in [0.4, 0.5) is 13.2 Å². The molecule has 1 aromatic carbocycles. The standard InChI is InChI=1S/C14H9BrF3NO/c1-8-2-3-9(7-19-8)13(20)11-6-10(14(16,17)18)4-5-12(11)15/h2-7H,1H3. The summed E-state index contributed by atoms with van der Waals surface area (Å²) in [6.07, 6.45) is -3.13. The molecule has 0 amide bonds. The summed E-state index contributed by atoms with van der Waals surface area (Å²) in [4.78, 5) is 16.2. The Labute approximate surface area is 121 Å². The summed E-state index contributed by atoms with van der Waals surface area (Å²) < 4.78 is 38.4. The van der Waals surface area contributed by atoms with Gasteiger partial charge < -0.3 is 0 Å². The first-order chi connectivity index (χ1) is 9.29. The summed E-state index contributed by atoms with van der Waals surface area (Å²) in [5, 5.41) is 0. The van der Waals surface area contributed by atoms with Crippen LogP contribution >= 0.6 is 15.9 Å². The van der Waals surface area contributed by atoms with Crippen molar-refractivity contribution in [3.8, 4) is 0 Å². The summed E-state index contributed by atoms with van der Waals surface area (Å²) in [7, 11) is 0. The number of pyridine rings is 1. The summed E-state index contributed by atoms with van der Waals surface area (Å²) in [5.41, 5.74) is 0.0786. The molecule has 0 aliphatic carbocycles. The van der Waals surface area contributed by atoms with Crippen LogP contribution in [0.3, 0.4) is 0 Å². The maximum atomic E-state index is 12.7. The summed E-state index contributed by atoms with van der Waals surface area (Å²) in [6.45, 7) is 1.76. The number of aryl methyl sites for hydroxylation is 1. The number of ketones is 1. The fraction of sp³-hybridized carbons (Fsp3) is 0.143. The number of rotatable bonds is 2. The highest BCUT2D eigenvalue weighted by Gasteiger charge is 2.31. The minimum Gasteiger partial charge on any atom is -0.289 e. The summed E-state index contributed by atoms with van der Waals surface area (Å²) in [5.74, 6) is -0.504. The molecule has 0 aliphatic rings. The van der Waals surface area contributed by atoms with Crippen molar-refractivity contribution in [2.75, 3.05) is 0 Å². The van der Waals surface area contributed by atoms with Gasteiger partial charge in [-0.15, -0.1) is 0 Å². The van der Waals surface area contributed by atoms with Gasteiger partial charge in [-0.2, -0.15) is 13.2 Å². The van der Waals surface area contributed by atoms with Gasteiger partial charge in [-0.05, 0) is 37.3 Å². The van der Waals surface area contributed by atoms with Crippen LogP contribution in [0.15, 0.2) is 41.0 Å². The van der Waals surface area contributed by atoms with Crippen LogP contribution in [0.1, 0.15) is 27.2 Å². The predicted molar refractivity (Wildman–Crippen MR) is 71.6 cm³/mol. The number of carbonyl (C=O) groups excluding carboxylic acids is 1. The molecule has 0 bridgehead atoms. The van der Waals surface area contributed by atoms with E-state index in [1.54, 1.807) is 13.0 Å². The lowest BCUT2D eigenvalue weighted by molar-refractivity contribution is -0.137. The highest BCUT2D eigenvalue weighted by atomic mass is 79.9. The van der Waals surface area contributed by atoms with Crippen LogP contribution in [0, 0.1) is 6.92 Å². The van der Waals surface area contributed by atoms with Gasteiger partial charge in [-0.25, -0.2) is 0 Å². The van der Waals surface area contributed by atoms with Crippen molar-refractivity contribution < 1.29 is 18.0 Å². The van der Waals surface area contributed by atoms with E-state index < -0.39 is 17.5 Å². The molecule has 6 heteroatoms. The van der Waals surface area contributed by atoms with Gasteiger partial charge in [0.15, 0.2) is 5.78 Å². The maximum absolute atomic E-state index is 12.7. The Morgan fingerprint density at radius 1 is 1.20 bits per heavy atom. The SMILES string of the molecule is Cc1ccc(C(=O)c2cc(C(F)(F)F)ccc2Br)cn1. The van der Waals surface area contributed by atoms with Gasteiger partial charge in [-0.3, -0.25) is 9.78 Å². The molecule has 0 spiro atoms. The van der Waals surface area contributed by atoms with Crippen molar-refractivity contribution in [2.24, 2.45) is 0 Å². The van der Waals surface area contributed by atoms with Gasteiger partial charge in [0, 0.05) is 27.5 Å². The van der Waals surface area contributed by atoms with Crippen LogP contribution in [0.25, 0.3) is 0 Å². The van der Waals surface area contributed by atoms with Crippen LogP contribution in [-0.4, -0.2) is 10.8 Å². The zero-order valence-electron chi connectivity index (χ0n) is 10.3. The topological polar surface area (TPSA) is 30.0 Å². The third kappa shape index (κ3) is 3.07. The normalized spacial score (nSPS) is 11.4. The lowest BCUT2D eigenvalue weighted by atomic mass is 10.0. The molecule has 104 valence electrons. The molecule has 20 heavy (non-hydrogen) atoms. The second-order valence-corrected chi connectivity index (χ2v) is 5.06. The molecule has 2 aromatic rings. The predicted octanol–water partition coefficient (Wildman–Crippen LogP) is 4.40. The number of benzene rings is 1. The number of hydrogen-bond donors (Lipinski definition) is 0. The first kappa shape index (κ1) is 14.7. The quantitative estimate of drug-likeness (QED) is 0.756. The molecule has 2 rings (SSSR count). The number of nitrogens with zero attached hydrogens (tertiary/aromatic N) is 1. The number of halogens is 4. The van der Waals surface area contributed by atoms with E-state index in [2.05, 4.69) is 20.9 Å². The second kappa shape index (κ2) is 5.36. The van der Waals surface area contributed by atoms with Crippen molar-refractivity contribution in [2.45, 2.75) is 13.1 Å². The van der Waals surface area contributed by atoms with E-state index in [0.29, 0.717) is 4.47 Å². The Bertz CT molecular complexity index is 650. The fourth-order valence-electron chi connectivity index (χ4n) is 1.63. The molecule has 0 saturated heterocycles. The third-order valence-electron chi connectivity index (χ3n) is 2.71.